The summed E-state index contributed by atoms with van der Waals surface area (Å²) in [5, 5.41) is 3.04. The lowest BCUT2D eigenvalue weighted by Gasteiger charge is -2.01. The zero-order valence-electron chi connectivity index (χ0n) is 10.7. The second-order valence-electron chi connectivity index (χ2n) is 3.67. The monoisotopic (exact) mass is 308 g/mol. The molecule has 0 aliphatic carbocycles. The molecule has 0 saturated carbocycles. The summed E-state index contributed by atoms with van der Waals surface area (Å²) in [6.07, 6.45) is 1.39. The van der Waals surface area contributed by atoms with Crippen molar-refractivity contribution < 1.29 is 14.3 Å². The lowest BCUT2D eigenvalue weighted by atomic mass is 10.4. The van der Waals surface area contributed by atoms with Gasteiger partial charge in [0.1, 0.15) is 4.88 Å². The smallest absolute Gasteiger partial charge is 0.349 e. The van der Waals surface area contributed by atoms with E-state index in [0.29, 0.717) is 10.0 Å². The quantitative estimate of drug-likeness (QED) is 0.679. The molecule has 0 saturated heterocycles. The van der Waals surface area contributed by atoms with Crippen LogP contribution in [0.15, 0.2) is 41.4 Å². The molecule has 0 unspecified atom stereocenters. The number of benzene rings is 1. The molecule has 1 N–H and O–H groups in total. The van der Waals surface area contributed by atoms with Crippen molar-refractivity contribution >= 4 is 40.1 Å². The summed E-state index contributed by atoms with van der Waals surface area (Å²) in [4.78, 5) is 28.3. The lowest BCUT2D eigenvalue weighted by molar-refractivity contribution is -0.113. The lowest BCUT2D eigenvalue weighted by Crippen LogP contribution is -2.13. The molecule has 0 spiro atoms. The van der Waals surface area contributed by atoms with E-state index in [1.165, 1.54) is 25.1 Å². The van der Waals surface area contributed by atoms with Gasteiger partial charge in [0.25, 0.3) is 0 Å². The minimum Gasteiger partial charge on any atom is -0.465 e. The number of rotatable bonds is 5. The van der Waals surface area contributed by atoms with Crippen LogP contribution in [0.1, 0.15) is 9.67 Å². The number of hydrogen-bond acceptors (Lipinski definition) is 6. The number of nitrogens with one attached hydrogen (secondary N) is 1. The van der Waals surface area contributed by atoms with Gasteiger partial charge in [-0.05, 0) is 12.1 Å². The third-order valence-corrected chi connectivity index (χ3v) is 4.16. The van der Waals surface area contributed by atoms with Gasteiger partial charge in [-0.25, -0.2) is 9.78 Å². The summed E-state index contributed by atoms with van der Waals surface area (Å²) in [7, 11) is 1.30. The first-order valence-corrected chi connectivity index (χ1v) is 7.51. The zero-order valence-corrected chi connectivity index (χ0v) is 12.3. The molecule has 7 heteroatoms. The molecule has 0 bridgehead atoms. The number of anilines is 1. The van der Waals surface area contributed by atoms with Crippen molar-refractivity contribution in [1.29, 1.82) is 0 Å². The van der Waals surface area contributed by atoms with Crippen LogP contribution < -0.4 is 5.32 Å². The van der Waals surface area contributed by atoms with E-state index in [4.69, 9.17) is 0 Å². The van der Waals surface area contributed by atoms with E-state index in [2.05, 4.69) is 15.0 Å². The Hall–Kier alpha value is -1.86. The number of carbonyl (C=O) groups excluding carboxylic acids is 2. The Balaban J connectivity index is 1.85. The third kappa shape index (κ3) is 4.07. The molecule has 1 heterocycles. The Labute approximate surface area is 124 Å². The minimum atomic E-state index is -0.457. The number of methoxy groups -OCH3 is 1. The first-order valence-electron chi connectivity index (χ1n) is 5.71. The van der Waals surface area contributed by atoms with E-state index in [1.54, 1.807) is 0 Å². The maximum Gasteiger partial charge on any atom is 0.349 e. The SMILES string of the molecule is COC(=O)c1cnc(NC(=O)CSc2ccccc2)s1. The van der Waals surface area contributed by atoms with E-state index < -0.39 is 5.97 Å². The van der Waals surface area contributed by atoms with Crippen LogP contribution in [0, 0.1) is 0 Å². The Bertz CT molecular complexity index is 599. The van der Waals surface area contributed by atoms with Gasteiger partial charge >= 0.3 is 5.97 Å². The molecule has 0 atom stereocenters. The van der Waals surface area contributed by atoms with Gasteiger partial charge in [-0.2, -0.15) is 0 Å². The Morgan fingerprint density at radius 1 is 1.35 bits per heavy atom. The number of esters is 1. The molecule has 1 aromatic heterocycles. The zero-order chi connectivity index (χ0) is 14.4. The highest BCUT2D eigenvalue weighted by atomic mass is 32.2. The third-order valence-electron chi connectivity index (χ3n) is 2.25. The van der Waals surface area contributed by atoms with Crippen molar-refractivity contribution in [2.75, 3.05) is 18.2 Å². The number of thiazole rings is 1. The standard InChI is InChI=1S/C13H12N2O3S2/c1-18-12(17)10-7-14-13(20-10)15-11(16)8-19-9-5-3-2-4-6-9/h2-7H,8H2,1H3,(H,14,15,16). The number of thioether (sulfide) groups is 1. The van der Waals surface area contributed by atoms with E-state index in [1.807, 2.05) is 30.3 Å². The fourth-order valence-corrected chi connectivity index (χ4v) is 2.82. The van der Waals surface area contributed by atoms with Crippen molar-refractivity contribution in [2.45, 2.75) is 4.90 Å². The summed E-state index contributed by atoms with van der Waals surface area (Å²) in [5.41, 5.74) is 0. The van der Waals surface area contributed by atoms with Gasteiger partial charge in [0.2, 0.25) is 5.91 Å². The van der Waals surface area contributed by atoms with Gasteiger partial charge in [0.05, 0.1) is 19.1 Å². The van der Waals surface area contributed by atoms with Crippen LogP contribution in [0.4, 0.5) is 5.13 Å². The molecule has 1 amide bonds. The molecule has 0 aliphatic heterocycles. The Kier molecular flexibility index (Phi) is 5.14. The molecule has 2 aromatic rings. The summed E-state index contributed by atoms with van der Waals surface area (Å²) in [5.74, 6) is -0.330. The topological polar surface area (TPSA) is 68.3 Å². The normalized spacial score (nSPS) is 10.1. The number of hydrogen-bond donors (Lipinski definition) is 1. The number of amides is 1. The van der Waals surface area contributed by atoms with Gasteiger partial charge in [-0.15, -0.1) is 11.8 Å². The summed E-state index contributed by atoms with van der Waals surface area (Å²) >= 11 is 2.53. The van der Waals surface area contributed by atoms with Gasteiger partial charge in [0.15, 0.2) is 5.13 Å². The molecule has 0 radical (unpaired) electrons. The van der Waals surface area contributed by atoms with Crippen molar-refractivity contribution in [3.63, 3.8) is 0 Å². The first-order chi connectivity index (χ1) is 9.69. The Morgan fingerprint density at radius 2 is 2.10 bits per heavy atom. The minimum absolute atomic E-state index is 0.162. The van der Waals surface area contributed by atoms with Crippen molar-refractivity contribution in [1.82, 2.24) is 4.98 Å². The van der Waals surface area contributed by atoms with Crippen LogP contribution in [-0.4, -0.2) is 29.7 Å². The van der Waals surface area contributed by atoms with Crippen molar-refractivity contribution in [2.24, 2.45) is 0 Å². The largest absolute Gasteiger partial charge is 0.465 e. The van der Waals surface area contributed by atoms with Crippen molar-refractivity contribution in [3.8, 4) is 0 Å². The van der Waals surface area contributed by atoms with E-state index in [0.717, 1.165) is 16.2 Å². The van der Waals surface area contributed by atoms with Crippen LogP contribution in [0.5, 0.6) is 0 Å². The molecule has 5 nitrogen and oxygen atoms in total. The molecule has 0 fully saturated rings. The number of nitrogens with zero attached hydrogens (tertiary/aromatic N) is 1. The molecular formula is C13H12N2O3S2. The van der Waals surface area contributed by atoms with Crippen molar-refractivity contribution in [3.05, 3.63) is 41.4 Å². The van der Waals surface area contributed by atoms with Gasteiger partial charge < -0.3 is 10.1 Å². The number of carbonyl (C=O) groups is 2. The predicted octanol–water partition coefficient (Wildman–Crippen LogP) is 2.66. The van der Waals surface area contributed by atoms with E-state index >= 15 is 0 Å². The van der Waals surface area contributed by atoms with Crippen LogP contribution in [0.3, 0.4) is 0 Å². The number of ether oxygens (including phenoxy) is 1. The molecule has 2 rings (SSSR count). The molecular weight excluding hydrogens is 296 g/mol. The Morgan fingerprint density at radius 3 is 2.80 bits per heavy atom. The summed E-state index contributed by atoms with van der Waals surface area (Å²) < 4.78 is 4.57. The van der Waals surface area contributed by atoms with Gasteiger partial charge in [-0.3, -0.25) is 4.79 Å². The fourth-order valence-electron chi connectivity index (χ4n) is 1.35. The average molecular weight is 308 g/mol. The molecule has 1 aromatic carbocycles. The van der Waals surface area contributed by atoms with Gasteiger partial charge in [0, 0.05) is 4.90 Å². The molecule has 0 aliphatic rings. The second kappa shape index (κ2) is 7.06. The first kappa shape index (κ1) is 14.5. The maximum atomic E-state index is 11.8. The predicted molar refractivity (Wildman–Crippen MR) is 79.2 cm³/mol. The van der Waals surface area contributed by atoms with Crippen LogP contribution >= 0.6 is 23.1 Å². The van der Waals surface area contributed by atoms with Gasteiger partial charge in [-0.1, -0.05) is 29.5 Å². The van der Waals surface area contributed by atoms with Crippen LogP contribution in [0.25, 0.3) is 0 Å². The molecule has 104 valence electrons. The summed E-state index contributed by atoms with van der Waals surface area (Å²) in [6, 6.07) is 9.65. The molecule has 20 heavy (non-hydrogen) atoms. The summed E-state index contributed by atoms with van der Waals surface area (Å²) in [6.45, 7) is 0. The highest BCUT2D eigenvalue weighted by Gasteiger charge is 2.12. The van der Waals surface area contributed by atoms with E-state index in [9.17, 15) is 9.59 Å². The maximum absolute atomic E-state index is 11.8. The highest BCUT2D eigenvalue weighted by molar-refractivity contribution is 8.00. The fraction of sp³-hybridized carbons (Fsp3) is 0.154. The van der Waals surface area contributed by atoms with Crippen LogP contribution in [-0.2, 0) is 9.53 Å². The highest BCUT2D eigenvalue weighted by Crippen LogP contribution is 2.20. The van der Waals surface area contributed by atoms with Crippen LogP contribution in [0.2, 0.25) is 0 Å². The second-order valence-corrected chi connectivity index (χ2v) is 5.75. The van der Waals surface area contributed by atoms with E-state index in [-0.39, 0.29) is 11.7 Å². The number of aromatic nitrogens is 1. The average Bonchev–Trinajstić information content (AvgIpc) is 2.94.